The van der Waals surface area contributed by atoms with Gasteiger partial charge in [0.1, 0.15) is 0 Å². The summed E-state index contributed by atoms with van der Waals surface area (Å²) in [5, 5.41) is 20.2. The zero-order chi connectivity index (χ0) is 15.3. The van der Waals surface area contributed by atoms with E-state index in [4.69, 9.17) is 5.73 Å². The van der Waals surface area contributed by atoms with E-state index in [-0.39, 0.29) is 12.1 Å². The number of carboxylic acid groups (broad SMARTS) is 1. The Morgan fingerprint density at radius 2 is 2.20 bits per heavy atom. The number of carbonyl (C=O) groups is 1. The van der Waals surface area contributed by atoms with Crippen LogP contribution >= 0.6 is 0 Å². The number of pyridine rings is 1. The number of nitrogens with zero attached hydrogens (tertiary/aromatic N) is 2. The maximum absolute atomic E-state index is 11.2. The van der Waals surface area contributed by atoms with Crippen molar-refractivity contribution >= 4 is 11.7 Å². The van der Waals surface area contributed by atoms with Gasteiger partial charge in [-0.2, -0.15) is 0 Å². The zero-order valence-electron chi connectivity index (χ0n) is 11.6. The lowest BCUT2D eigenvalue weighted by Crippen LogP contribution is -2.19. The van der Waals surface area contributed by atoms with Crippen LogP contribution in [0.15, 0.2) is 6.20 Å². The molecule has 0 aromatic carbocycles. The minimum atomic E-state index is -0.928. The topological polar surface area (TPSA) is 119 Å². The van der Waals surface area contributed by atoms with E-state index >= 15 is 0 Å². The van der Waals surface area contributed by atoms with Crippen LogP contribution in [0.3, 0.4) is 0 Å². The molecule has 0 aliphatic carbocycles. The van der Waals surface area contributed by atoms with Crippen molar-refractivity contribution in [1.82, 2.24) is 4.98 Å². The van der Waals surface area contributed by atoms with Crippen LogP contribution < -0.4 is 5.73 Å². The first-order valence-electron chi connectivity index (χ1n) is 6.40. The summed E-state index contributed by atoms with van der Waals surface area (Å²) in [6.45, 7) is 3.64. The molecule has 0 fully saturated rings. The average molecular weight is 281 g/mol. The second kappa shape index (κ2) is 6.95. The van der Waals surface area contributed by atoms with Crippen LogP contribution in [0.4, 0.5) is 5.69 Å². The van der Waals surface area contributed by atoms with Crippen LogP contribution in [-0.4, -0.2) is 27.5 Å². The molecule has 3 N–H and O–H groups in total. The van der Waals surface area contributed by atoms with Crippen molar-refractivity contribution in [3.8, 4) is 0 Å². The Bertz CT molecular complexity index is 517. The van der Waals surface area contributed by atoms with Gasteiger partial charge in [-0.25, -0.2) is 0 Å². The van der Waals surface area contributed by atoms with Gasteiger partial charge in [0.2, 0.25) is 0 Å². The van der Waals surface area contributed by atoms with Gasteiger partial charge in [-0.15, -0.1) is 0 Å². The fourth-order valence-electron chi connectivity index (χ4n) is 2.16. The fraction of sp³-hybridized carbons (Fsp3) is 0.538. The minimum Gasteiger partial charge on any atom is -0.481 e. The van der Waals surface area contributed by atoms with Crippen LogP contribution in [0.25, 0.3) is 0 Å². The molecule has 1 aromatic heterocycles. The van der Waals surface area contributed by atoms with Crippen molar-refractivity contribution in [3.63, 3.8) is 0 Å². The first kappa shape index (κ1) is 16.0. The monoisotopic (exact) mass is 281 g/mol. The van der Waals surface area contributed by atoms with Gasteiger partial charge < -0.3 is 10.8 Å². The summed E-state index contributed by atoms with van der Waals surface area (Å²) in [7, 11) is 0. The van der Waals surface area contributed by atoms with Crippen molar-refractivity contribution in [1.29, 1.82) is 0 Å². The summed E-state index contributed by atoms with van der Waals surface area (Å²) in [6, 6.07) is 0. The summed E-state index contributed by atoms with van der Waals surface area (Å²) >= 11 is 0. The van der Waals surface area contributed by atoms with Crippen molar-refractivity contribution in [2.24, 2.45) is 11.7 Å². The third-order valence-electron chi connectivity index (χ3n) is 3.30. The van der Waals surface area contributed by atoms with E-state index in [1.165, 1.54) is 6.20 Å². The Labute approximate surface area is 117 Å². The number of aliphatic carboxylic acids is 1. The van der Waals surface area contributed by atoms with E-state index in [1.54, 1.807) is 13.8 Å². The summed E-state index contributed by atoms with van der Waals surface area (Å²) in [5.74, 6) is -1.55. The molecular weight excluding hydrogens is 262 g/mol. The van der Waals surface area contributed by atoms with Gasteiger partial charge in [-0.3, -0.25) is 19.9 Å². The molecule has 1 aromatic rings. The highest BCUT2D eigenvalue weighted by atomic mass is 16.6. The maximum atomic E-state index is 11.2. The van der Waals surface area contributed by atoms with Gasteiger partial charge in [0.15, 0.2) is 0 Å². The van der Waals surface area contributed by atoms with E-state index in [2.05, 4.69) is 4.98 Å². The maximum Gasteiger partial charge on any atom is 0.306 e. The highest BCUT2D eigenvalue weighted by molar-refractivity contribution is 5.70. The van der Waals surface area contributed by atoms with E-state index in [0.29, 0.717) is 36.2 Å². The van der Waals surface area contributed by atoms with Crippen molar-refractivity contribution in [3.05, 3.63) is 33.1 Å². The largest absolute Gasteiger partial charge is 0.481 e. The van der Waals surface area contributed by atoms with Gasteiger partial charge in [0.25, 0.3) is 5.69 Å². The lowest BCUT2D eigenvalue weighted by Gasteiger charge is -2.13. The SMILES string of the molecule is Cc1cnc(CC(CCCN)C(=O)O)c(C)c1[N+](=O)[O-]. The molecule has 1 unspecified atom stereocenters. The van der Waals surface area contributed by atoms with Crippen molar-refractivity contribution < 1.29 is 14.8 Å². The van der Waals surface area contributed by atoms with E-state index in [9.17, 15) is 20.0 Å². The standard InChI is InChI=1S/C13H19N3O4/c1-8-7-15-11(9(2)12(8)16(19)20)6-10(13(17)18)4-3-5-14/h7,10H,3-6,14H2,1-2H3,(H,17,18). The Balaban J connectivity index is 3.04. The lowest BCUT2D eigenvalue weighted by atomic mass is 9.94. The van der Waals surface area contributed by atoms with Gasteiger partial charge >= 0.3 is 5.97 Å². The summed E-state index contributed by atoms with van der Waals surface area (Å²) in [4.78, 5) is 25.9. The van der Waals surface area contributed by atoms with Crippen molar-refractivity contribution in [2.45, 2.75) is 33.1 Å². The van der Waals surface area contributed by atoms with Crippen LogP contribution in [0.1, 0.15) is 29.7 Å². The predicted octanol–water partition coefficient (Wildman–Crippen LogP) is 1.59. The molecule has 110 valence electrons. The van der Waals surface area contributed by atoms with Gasteiger partial charge in [0.05, 0.1) is 16.5 Å². The van der Waals surface area contributed by atoms with Gasteiger partial charge in [0, 0.05) is 23.7 Å². The number of aromatic nitrogens is 1. The Morgan fingerprint density at radius 3 is 2.70 bits per heavy atom. The molecule has 7 nitrogen and oxygen atoms in total. The normalized spacial score (nSPS) is 12.2. The Kier molecular flexibility index (Phi) is 5.57. The van der Waals surface area contributed by atoms with Crippen LogP contribution in [-0.2, 0) is 11.2 Å². The van der Waals surface area contributed by atoms with E-state index < -0.39 is 16.8 Å². The number of rotatable bonds is 7. The van der Waals surface area contributed by atoms with Crippen molar-refractivity contribution in [2.75, 3.05) is 6.54 Å². The number of hydrogen-bond donors (Lipinski definition) is 2. The zero-order valence-corrected chi connectivity index (χ0v) is 11.6. The molecule has 0 radical (unpaired) electrons. The highest BCUT2D eigenvalue weighted by Crippen LogP contribution is 2.26. The molecule has 0 aliphatic rings. The number of nitrogens with two attached hydrogens (primary N) is 1. The quantitative estimate of drug-likeness (QED) is 0.578. The highest BCUT2D eigenvalue weighted by Gasteiger charge is 2.23. The molecule has 0 saturated heterocycles. The smallest absolute Gasteiger partial charge is 0.306 e. The summed E-state index contributed by atoms with van der Waals surface area (Å²) < 4.78 is 0. The fourth-order valence-corrected chi connectivity index (χ4v) is 2.16. The molecular formula is C13H19N3O4. The Hall–Kier alpha value is -2.02. The molecule has 0 bridgehead atoms. The molecule has 0 saturated carbocycles. The number of carboxylic acids is 1. The summed E-state index contributed by atoms with van der Waals surface area (Å²) in [6.07, 6.45) is 2.64. The first-order valence-corrected chi connectivity index (χ1v) is 6.40. The van der Waals surface area contributed by atoms with Gasteiger partial charge in [-0.05, 0) is 33.2 Å². The third kappa shape index (κ3) is 3.74. The molecule has 7 heteroatoms. The molecule has 20 heavy (non-hydrogen) atoms. The number of hydrogen-bond acceptors (Lipinski definition) is 5. The average Bonchev–Trinajstić information content (AvgIpc) is 2.36. The molecule has 1 rings (SSSR count). The number of aryl methyl sites for hydroxylation is 1. The van der Waals surface area contributed by atoms with Crippen LogP contribution in [0.2, 0.25) is 0 Å². The number of nitro groups is 1. The second-order valence-electron chi connectivity index (χ2n) is 4.79. The molecule has 0 spiro atoms. The second-order valence-corrected chi connectivity index (χ2v) is 4.79. The summed E-state index contributed by atoms with van der Waals surface area (Å²) in [5.41, 5.74) is 6.78. The third-order valence-corrected chi connectivity index (χ3v) is 3.30. The Morgan fingerprint density at radius 1 is 1.55 bits per heavy atom. The minimum absolute atomic E-state index is 0.0120. The molecule has 0 amide bonds. The van der Waals surface area contributed by atoms with Crippen LogP contribution in [0.5, 0.6) is 0 Å². The first-order chi connectivity index (χ1) is 9.38. The molecule has 1 heterocycles. The lowest BCUT2D eigenvalue weighted by molar-refractivity contribution is -0.386. The molecule has 0 aliphatic heterocycles. The van der Waals surface area contributed by atoms with E-state index in [0.717, 1.165) is 0 Å². The van der Waals surface area contributed by atoms with Crippen LogP contribution in [0, 0.1) is 29.9 Å². The molecule has 1 atom stereocenters. The van der Waals surface area contributed by atoms with Gasteiger partial charge in [-0.1, -0.05) is 0 Å². The predicted molar refractivity (Wildman–Crippen MR) is 73.5 cm³/mol. The van der Waals surface area contributed by atoms with E-state index in [1.807, 2.05) is 0 Å².